The number of nitrogens with zero attached hydrogens (tertiary/aromatic N) is 5. The van der Waals surface area contributed by atoms with Crippen LogP contribution in [0.1, 0.15) is 17.8 Å². The fourth-order valence-corrected chi connectivity index (χ4v) is 3.17. The topological polar surface area (TPSA) is 68.5 Å². The molecule has 0 saturated carbocycles. The Morgan fingerprint density at radius 3 is 2.70 bits per heavy atom. The minimum absolute atomic E-state index is 0.683. The SMILES string of the molecule is Cc1cc(C)n(CCCNc2nc(-c3cccnc3)nc3ccccc23)n1. The Hall–Kier alpha value is -3.28. The van der Waals surface area contributed by atoms with Gasteiger partial charge in [0, 0.05) is 42.1 Å². The third-order valence-electron chi connectivity index (χ3n) is 4.47. The second-order valence-corrected chi connectivity index (χ2v) is 6.59. The van der Waals surface area contributed by atoms with Gasteiger partial charge in [0.1, 0.15) is 5.82 Å². The summed E-state index contributed by atoms with van der Waals surface area (Å²) in [6.07, 6.45) is 4.50. The van der Waals surface area contributed by atoms with E-state index in [0.717, 1.165) is 47.5 Å². The van der Waals surface area contributed by atoms with Crippen LogP contribution in [0.25, 0.3) is 22.3 Å². The lowest BCUT2D eigenvalue weighted by molar-refractivity contribution is 0.573. The van der Waals surface area contributed by atoms with Crippen molar-refractivity contribution in [3.8, 4) is 11.4 Å². The molecule has 6 heteroatoms. The fraction of sp³-hybridized carbons (Fsp3) is 0.238. The summed E-state index contributed by atoms with van der Waals surface area (Å²) in [6.45, 7) is 5.80. The maximum atomic E-state index is 4.75. The van der Waals surface area contributed by atoms with Gasteiger partial charge in [-0.15, -0.1) is 0 Å². The molecule has 27 heavy (non-hydrogen) atoms. The highest BCUT2D eigenvalue weighted by molar-refractivity contribution is 5.90. The number of fused-ring (bicyclic) bond motifs is 1. The molecule has 4 aromatic rings. The number of aromatic nitrogens is 5. The molecule has 1 N–H and O–H groups in total. The first-order chi connectivity index (χ1) is 13.2. The number of anilines is 1. The van der Waals surface area contributed by atoms with E-state index in [1.54, 1.807) is 12.4 Å². The number of pyridine rings is 1. The molecule has 0 spiro atoms. The van der Waals surface area contributed by atoms with E-state index in [9.17, 15) is 0 Å². The van der Waals surface area contributed by atoms with Crippen molar-refractivity contribution in [2.24, 2.45) is 0 Å². The van der Waals surface area contributed by atoms with Crippen LogP contribution in [-0.4, -0.2) is 31.3 Å². The normalized spacial score (nSPS) is 11.0. The van der Waals surface area contributed by atoms with Gasteiger partial charge >= 0.3 is 0 Å². The molecule has 136 valence electrons. The van der Waals surface area contributed by atoms with Gasteiger partial charge in [0.15, 0.2) is 5.82 Å². The molecule has 3 heterocycles. The molecule has 0 aliphatic rings. The van der Waals surface area contributed by atoms with Crippen molar-refractivity contribution < 1.29 is 0 Å². The standard InChI is InChI=1S/C21H22N6/c1-15-13-16(2)27(26-15)12-6-11-23-21-18-8-3-4-9-19(18)24-20(25-21)17-7-5-10-22-14-17/h3-5,7-10,13-14H,6,11-12H2,1-2H3,(H,23,24,25). The average Bonchev–Trinajstić information content (AvgIpc) is 3.02. The Labute approximate surface area is 158 Å². The molecule has 0 unspecified atom stereocenters. The van der Waals surface area contributed by atoms with Crippen molar-refractivity contribution in [3.63, 3.8) is 0 Å². The van der Waals surface area contributed by atoms with Crippen LogP contribution in [-0.2, 0) is 6.54 Å². The zero-order valence-corrected chi connectivity index (χ0v) is 15.6. The van der Waals surface area contributed by atoms with Crippen molar-refractivity contribution in [1.29, 1.82) is 0 Å². The van der Waals surface area contributed by atoms with Gasteiger partial charge in [-0.05, 0) is 50.6 Å². The summed E-state index contributed by atoms with van der Waals surface area (Å²) in [6, 6.07) is 14.0. The van der Waals surface area contributed by atoms with Gasteiger partial charge in [-0.2, -0.15) is 5.10 Å². The largest absolute Gasteiger partial charge is 0.369 e. The van der Waals surface area contributed by atoms with Crippen LogP contribution in [0.2, 0.25) is 0 Å². The molecule has 6 nitrogen and oxygen atoms in total. The van der Waals surface area contributed by atoms with Crippen molar-refractivity contribution in [2.75, 3.05) is 11.9 Å². The number of para-hydroxylation sites is 1. The molecule has 3 aromatic heterocycles. The highest BCUT2D eigenvalue weighted by atomic mass is 15.3. The smallest absolute Gasteiger partial charge is 0.163 e. The maximum absolute atomic E-state index is 4.75. The van der Waals surface area contributed by atoms with Crippen LogP contribution in [0.5, 0.6) is 0 Å². The summed E-state index contributed by atoms with van der Waals surface area (Å²) >= 11 is 0. The van der Waals surface area contributed by atoms with Crippen molar-refractivity contribution in [3.05, 3.63) is 66.2 Å². The first-order valence-electron chi connectivity index (χ1n) is 9.13. The molecule has 1 aromatic carbocycles. The number of benzene rings is 1. The van der Waals surface area contributed by atoms with Crippen LogP contribution >= 0.6 is 0 Å². The summed E-state index contributed by atoms with van der Waals surface area (Å²) in [5, 5.41) is 9.02. The first kappa shape index (κ1) is 17.1. The van der Waals surface area contributed by atoms with Crippen LogP contribution in [0.15, 0.2) is 54.9 Å². The molecule has 0 aliphatic heterocycles. The van der Waals surface area contributed by atoms with E-state index in [1.807, 2.05) is 43.3 Å². The predicted octanol–water partition coefficient (Wildman–Crippen LogP) is 4.01. The number of hydrogen-bond donors (Lipinski definition) is 1. The Morgan fingerprint density at radius 1 is 1.04 bits per heavy atom. The maximum Gasteiger partial charge on any atom is 0.163 e. The fourth-order valence-electron chi connectivity index (χ4n) is 3.17. The summed E-state index contributed by atoms with van der Waals surface area (Å²) in [5.41, 5.74) is 4.09. The molecule has 0 aliphatic carbocycles. The van der Waals surface area contributed by atoms with Gasteiger partial charge in [-0.25, -0.2) is 9.97 Å². The monoisotopic (exact) mass is 358 g/mol. The molecular weight excluding hydrogens is 336 g/mol. The van der Waals surface area contributed by atoms with E-state index in [2.05, 4.69) is 33.1 Å². The molecule has 0 atom stereocenters. The van der Waals surface area contributed by atoms with E-state index in [1.165, 1.54) is 5.69 Å². The van der Waals surface area contributed by atoms with Crippen LogP contribution in [0, 0.1) is 13.8 Å². The third kappa shape index (κ3) is 3.79. The Bertz CT molecular complexity index is 1050. The van der Waals surface area contributed by atoms with Crippen molar-refractivity contribution in [2.45, 2.75) is 26.8 Å². The van der Waals surface area contributed by atoms with Gasteiger partial charge in [0.25, 0.3) is 0 Å². The van der Waals surface area contributed by atoms with E-state index >= 15 is 0 Å². The average molecular weight is 358 g/mol. The quantitative estimate of drug-likeness (QED) is 0.528. The molecule has 0 saturated heterocycles. The van der Waals surface area contributed by atoms with Gasteiger partial charge < -0.3 is 5.32 Å². The minimum atomic E-state index is 0.683. The Morgan fingerprint density at radius 2 is 1.93 bits per heavy atom. The minimum Gasteiger partial charge on any atom is -0.369 e. The molecule has 0 amide bonds. The molecule has 0 bridgehead atoms. The summed E-state index contributed by atoms with van der Waals surface area (Å²) < 4.78 is 2.05. The Balaban J connectivity index is 1.54. The van der Waals surface area contributed by atoms with Crippen molar-refractivity contribution in [1.82, 2.24) is 24.7 Å². The van der Waals surface area contributed by atoms with Crippen LogP contribution < -0.4 is 5.32 Å². The van der Waals surface area contributed by atoms with E-state index in [0.29, 0.717) is 5.82 Å². The van der Waals surface area contributed by atoms with Gasteiger partial charge in [-0.1, -0.05) is 12.1 Å². The third-order valence-corrected chi connectivity index (χ3v) is 4.47. The predicted molar refractivity (Wildman–Crippen MR) is 108 cm³/mol. The second kappa shape index (κ2) is 7.53. The highest BCUT2D eigenvalue weighted by Gasteiger charge is 2.09. The van der Waals surface area contributed by atoms with Crippen LogP contribution in [0.4, 0.5) is 5.82 Å². The van der Waals surface area contributed by atoms with E-state index in [-0.39, 0.29) is 0 Å². The highest BCUT2D eigenvalue weighted by Crippen LogP contribution is 2.24. The second-order valence-electron chi connectivity index (χ2n) is 6.59. The lowest BCUT2D eigenvalue weighted by atomic mass is 10.2. The van der Waals surface area contributed by atoms with Crippen LogP contribution in [0.3, 0.4) is 0 Å². The summed E-state index contributed by atoms with van der Waals surface area (Å²) in [7, 11) is 0. The lowest BCUT2D eigenvalue weighted by Gasteiger charge is -2.11. The van der Waals surface area contributed by atoms with Gasteiger partial charge in [0.05, 0.1) is 11.2 Å². The number of nitrogens with one attached hydrogen (secondary N) is 1. The molecular formula is C21H22N6. The zero-order chi connectivity index (χ0) is 18.6. The first-order valence-corrected chi connectivity index (χ1v) is 9.13. The summed E-state index contributed by atoms with van der Waals surface area (Å²) in [4.78, 5) is 13.6. The van der Waals surface area contributed by atoms with E-state index in [4.69, 9.17) is 9.97 Å². The number of aryl methyl sites for hydroxylation is 3. The molecule has 0 radical (unpaired) electrons. The number of rotatable bonds is 6. The van der Waals surface area contributed by atoms with Gasteiger partial charge in [-0.3, -0.25) is 9.67 Å². The van der Waals surface area contributed by atoms with E-state index < -0.39 is 0 Å². The number of hydrogen-bond acceptors (Lipinski definition) is 5. The summed E-state index contributed by atoms with van der Waals surface area (Å²) in [5.74, 6) is 1.54. The molecule has 4 rings (SSSR count). The molecule has 0 fully saturated rings. The van der Waals surface area contributed by atoms with Crippen molar-refractivity contribution >= 4 is 16.7 Å². The Kier molecular flexibility index (Phi) is 4.78. The van der Waals surface area contributed by atoms with Gasteiger partial charge in [0.2, 0.25) is 0 Å². The zero-order valence-electron chi connectivity index (χ0n) is 15.6. The lowest BCUT2D eigenvalue weighted by Crippen LogP contribution is -2.10.